The van der Waals surface area contributed by atoms with Crippen LogP contribution in [-0.2, 0) is 4.74 Å². The highest BCUT2D eigenvalue weighted by molar-refractivity contribution is 5.00. The Morgan fingerprint density at radius 1 is 1.44 bits per heavy atom. The third-order valence-corrected chi connectivity index (χ3v) is 3.02. The number of hydrogen-bond acceptors (Lipinski definition) is 2. The van der Waals surface area contributed by atoms with Gasteiger partial charge in [0, 0.05) is 0 Å². The molecule has 0 amide bonds. The lowest BCUT2D eigenvalue weighted by atomic mass is 9.80. The summed E-state index contributed by atoms with van der Waals surface area (Å²) in [4.78, 5) is 0. The first kappa shape index (κ1) is 15.7. The molecule has 0 heterocycles. The summed E-state index contributed by atoms with van der Waals surface area (Å²) in [5.74, 6) is 0.572. The molecule has 0 rings (SSSR count). The molecule has 0 fully saturated rings. The van der Waals surface area contributed by atoms with Crippen molar-refractivity contribution in [2.45, 2.75) is 53.4 Å². The van der Waals surface area contributed by atoms with Gasteiger partial charge in [-0.1, -0.05) is 46.3 Å². The zero-order valence-corrected chi connectivity index (χ0v) is 11.5. The molecule has 0 saturated heterocycles. The molecule has 0 spiro atoms. The number of nitrogens with two attached hydrogens (primary N) is 1. The quantitative estimate of drug-likeness (QED) is 0.481. The van der Waals surface area contributed by atoms with Crippen LogP contribution in [0.4, 0.5) is 0 Å². The van der Waals surface area contributed by atoms with E-state index in [-0.39, 0.29) is 5.41 Å². The summed E-state index contributed by atoms with van der Waals surface area (Å²) in [5.41, 5.74) is 6.92. The van der Waals surface area contributed by atoms with Crippen LogP contribution in [0.1, 0.15) is 53.4 Å². The SMILES string of the molecule is C=C(CCCC)C(C)CC(C)(C)COCN. The standard InChI is InChI=1S/C14H29NO/c1-6-7-8-12(2)13(3)9-14(4,5)10-16-11-15/h13H,2,6-11,15H2,1,3-5H3. The first-order valence-corrected chi connectivity index (χ1v) is 6.38. The van der Waals surface area contributed by atoms with Gasteiger partial charge >= 0.3 is 0 Å². The lowest BCUT2D eigenvalue weighted by Gasteiger charge is -2.28. The second-order valence-electron chi connectivity index (χ2n) is 5.55. The number of rotatable bonds is 9. The Hall–Kier alpha value is -0.340. The minimum atomic E-state index is 0.188. The van der Waals surface area contributed by atoms with Crippen molar-refractivity contribution in [3.05, 3.63) is 12.2 Å². The van der Waals surface area contributed by atoms with Gasteiger partial charge in [0.1, 0.15) is 0 Å². The fraction of sp³-hybridized carbons (Fsp3) is 0.857. The van der Waals surface area contributed by atoms with Crippen molar-refractivity contribution in [3.63, 3.8) is 0 Å². The highest BCUT2D eigenvalue weighted by Gasteiger charge is 2.22. The highest BCUT2D eigenvalue weighted by atomic mass is 16.5. The molecule has 16 heavy (non-hydrogen) atoms. The molecule has 0 aliphatic rings. The maximum absolute atomic E-state index is 5.35. The van der Waals surface area contributed by atoms with Gasteiger partial charge in [-0.15, -0.1) is 0 Å². The molecule has 0 radical (unpaired) electrons. The highest BCUT2D eigenvalue weighted by Crippen LogP contribution is 2.30. The second-order valence-corrected chi connectivity index (χ2v) is 5.55. The molecule has 2 heteroatoms. The molecule has 0 aromatic heterocycles. The topological polar surface area (TPSA) is 35.2 Å². The van der Waals surface area contributed by atoms with E-state index in [0.29, 0.717) is 12.6 Å². The van der Waals surface area contributed by atoms with Crippen molar-refractivity contribution < 1.29 is 4.74 Å². The van der Waals surface area contributed by atoms with E-state index in [1.807, 2.05) is 0 Å². The van der Waals surface area contributed by atoms with Crippen LogP contribution in [0, 0.1) is 11.3 Å². The fourth-order valence-electron chi connectivity index (χ4n) is 2.02. The largest absolute Gasteiger partial charge is 0.366 e. The van der Waals surface area contributed by atoms with Crippen LogP contribution >= 0.6 is 0 Å². The van der Waals surface area contributed by atoms with Crippen LogP contribution in [-0.4, -0.2) is 13.3 Å². The summed E-state index contributed by atoms with van der Waals surface area (Å²) in [5, 5.41) is 0. The molecular weight excluding hydrogens is 198 g/mol. The van der Waals surface area contributed by atoms with E-state index >= 15 is 0 Å². The Kier molecular flexibility index (Phi) is 7.69. The van der Waals surface area contributed by atoms with Crippen LogP contribution in [0.3, 0.4) is 0 Å². The minimum absolute atomic E-state index is 0.188. The second kappa shape index (κ2) is 7.86. The van der Waals surface area contributed by atoms with Gasteiger partial charge in [-0.25, -0.2) is 0 Å². The summed E-state index contributed by atoms with van der Waals surface area (Å²) in [7, 11) is 0. The molecule has 2 N–H and O–H groups in total. The first-order valence-electron chi connectivity index (χ1n) is 6.38. The van der Waals surface area contributed by atoms with E-state index in [4.69, 9.17) is 10.5 Å². The number of ether oxygens (including phenoxy) is 1. The maximum Gasteiger partial charge on any atom is 0.0940 e. The van der Waals surface area contributed by atoms with Gasteiger partial charge in [-0.2, -0.15) is 0 Å². The molecular formula is C14H29NO. The predicted molar refractivity (Wildman–Crippen MR) is 71.2 cm³/mol. The molecule has 1 unspecified atom stereocenters. The zero-order chi connectivity index (χ0) is 12.6. The third kappa shape index (κ3) is 7.02. The van der Waals surface area contributed by atoms with E-state index in [1.54, 1.807) is 0 Å². The van der Waals surface area contributed by atoms with Gasteiger partial charge in [-0.05, 0) is 30.6 Å². The average Bonchev–Trinajstić information content (AvgIpc) is 2.22. The molecule has 0 aliphatic carbocycles. The van der Waals surface area contributed by atoms with E-state index in [9.17, 15) is 0 Å². The smallest absolute Gasteiger partial charge is 0.0940 e. The number of hydrogen-bond donors (Lipinski definition) is 1. The molecule has 0 bridgehead atoms. The Morgan fingerprint density at radius 3 is 2.56 bits per heavy atom. The molecule has 0 saturated carbocycles. The normalized spacial score (nSPS) is 13.8. The van der Waals surface area contributed by atoms with E-state index in [2.05, 4.69) is 34.3 Å². The lowest BCUT2D eigenvalue weighted by molar-refractivity contribution is 0.0560. The van der Waals surface area contributed by atoms with Crippen molar-refractivity contribution >= 4 is 0 Å². The van der Waals surface area contributed by atoms with Crippen molar-refractivity contribution in [1.29, 1.82) is 0 Å². The Balaban J connectivity index is 4.00. The Labute approximate surface area is 101 Å². The van der Waals surface area contributed by atoms with Gasteiger partial charge in [0.15, 0.2) is 0 Å². The van der Waals surface area contributed by atoms with Crippen LogP contribution in [0.5, 0.6) is 0 Å². The van der Waals surface area contributed by atoms with Crippen LogP contribution < -0.4 is 5.73 Å². The summed E-state index contributed by atoms with van der Waals surface area (Å²) in [6.07, 6.45) is 4.77. The lowest BCUT2D eigenvalue weighted by Crippen LogP contribution is -2.24. The number of allylic oxidation sites excluding steroid dienone is 1. The zero-order valence-electron chi connectivity index (χ0n) is 11.5. The first-order chi connectivity index (χ1) is 7.43. The van der Waals surface area contributed by atoms with Crippen molar-refractivity contribution in [1.82, 2.24) is 0 Å². The predicted octanol–water partition coefficient (Wildman–Crippen LogP) is 3.72. The van der Waals surface area contributed by atoms with Gasteiger partial charge in [0.05, 0.1) is 13.3 Å². The van der Waals surface area contributed by atoms with Gasteiger partial charge in [0.2, 0.25) is 0 Å². The van der Waals surface area contributed by atoms with Crippen LogP contribution in [0.15, 0.2) is 12.2 Å². The molecule has 96 valence electrons. The van der Waals surface area contributed by atoms with Crippen molar-refractivity contribution in [2.24, 2.45) is 17.1 Å². The van der Waals surface area contributed by atoms with E-state index in [0.717, 1.165) is 19.4 Å². The van der Waals surface area contributed by atoms with E-state index in [1.165, 1.54) is 18.4 Å². The van der Waals surface area contributed by atoms with Gasteiger partial charge in [0.25, 0.3) is 0 Å². The maximum atomic E-state index is 5.35. The Bertz CT molecular complexity index is 199. The number of unbranched alkanes of at least 4 members (excludes halogenated alkanes) is 1. The Morgan fingerprint density at radius 2 is 2.06 bits per heavy atom. The van der Waals surface area contributed by atoms with Crippen LogP contribution in [0.2, 0.25) is 0 Å². The molecule has 0 aromatic rings. The molecule has 2 nitrogen and oxygen atoms in total. The fourth-order valence-corrected chi connectivity index (χ4v) is 2.02. The van der Waals surface area contributed by atoms with Gasteiger partial charge in [-0.3, -0.25) is 0 Å². The molecule has 0 aromatic carbocycles. The van der Waals surface area contributed by atoms with E-state index < -0.39 is 0 Å². The summed E-state index contributed by atoms with van der Waals surface area (Å²) < 4.78 is 5.31. The summed E-state index contributed by atoms with van der Waals surface area (Å²) in [6, 6.07) is 0. The average molecular weight is 227 g/mol. The van der Waals surface area contributed by atoms with Crippen molar-refractivity contribution in [3.8, 4) is 0 Å². The third-order valence-electron chi connectivity index (χ3n) is 3.02. The molecule has 0 aliphatic heterocycles. The minimum Gasteiger partial charge on any atom is -0.366 e. The molecule has 1 atom stereocenters. The monoisotopic (exact) mass is 227 g/mol. The van der Waals surface area contributed by atoms with Gasteiger partial charge < -0.3 is 10.5 Å². The summed E-state index contributed by atoms with van der Waals surface area (Å²) in [6.45, 7) is 14.2. The van der Waals surface area contributed by atoms with Crippen molar-refractivity contribution in [2.75, 3.05) is 13.3 Å². The van der Waals surface area contributed by atoms with Crippen LogP contribution in [0.25, 0.3) is 0 Å². The summed E-state index contributed by atoms with van der Waals surface area (Å²) >= 11 is 0.